The molecule has 3 aromatic rings. The van der Waals surface area contributed by atoms with Crippen molar-refractivity contribution in [3.05, 3.63) is 36.7 Å². The molecule has 1 aliphatic rings. The second-order valence-electron chi connectivity index (χ2n) is 6.25. The number of hydrogen-bond donors (Lipinski definition) is 0. The smallest absolute Gasteiger partial charge is 0.214 e. The summed E-state index contributed by atoms with van der Waals surface area (Å²) in [6.07, 6.45) is 4.70. The molecule has 4 rings (SSSR count). The highest BCUT2D eigenvalue weighted by Crippen LogP contribution is 2.33. The summed E-state index contributed by atoms with van der Waals surface area (Å²) >= 11 is 0. The van der Waals surface area contributed by atoms with Gasteiger partial charge in [-0.05, 0) is 37.1 Å². The van der Waals surface area contributed by atoms with Crippen LogP contribution in [0.4, 0.5) is 0 Å². The van der Waals surface area contributed by atoms with Crippen LogP contribution in [0, 0.1) is 0 Å². The van der Waals surface area contributed by atoms with E-state index in [0.29, 0.717) is 31.1 Å². The fourth-order valence-electron chi connectivity index (χ4n) is 3.42. The summed E-state index contributed by atoms with van der Waals surface area (Å²) in [4.78, 5) is 9.13. The van der Waals surface area contributed by atoms with Crippen LogP contribution >= 0.6 is 0 Å². The van der Waals surface area contributed by atoms with Crippen LogP contribution in [0.3, 0.4) is 0 Å². The van der Waals surface area contributed by atoms with Gasteiger partial charge in [-0.2, -0.15) is 4.31 Å². The van der Waals surface area contributed by atoms with Crippen LogP contribution in [0.1, 0.15) is 25.8 Å². The lowest BCUT2D eigenvalue weighted by Crippen LogP contribution is -2.31. The van der Waals surface area contributed by atoms with Gasteiger partial charge in [-0.3, -0.25) is 0 Å². The Bertz CT molecular complexity index is 979. The predicted molar refractivity (Wildman–Crippen MR) is 94.5 cm³/mol. The van der Waals surface area contributed by atoms with Crippen molar-refractivity contribution in [2.45, 2.75) is 25.8 Å². The number of pyridine rings is 1. The van der Waals surface area contributed by atoms with Crippen LogP contribution in [-0.4, -0.2) is 46.1 Å². The first-order valence-electron chi connectivity index (χ1n) is 8.45. The first-order chi connectivity index (χ1) is 12.1. The third-order valence-electron chi connectivity index (χ3n) is 4.54. The molecule has 0 bridgehead atoms. The molecule has 1 aliphatic heterocycles. The van der Waals surface area contributed by atoms with Crippen LogP contribution < -0.4 is 0 Å². The Balaban J connectivity index is 1.76. The number of aromatic nitrogens is 3. The van der Waals surface area contributed by atoms with Crippen molar-refractivity contribution in [1.82, 2.24) is 18.8 Å². The van der Waals surface area contributed by atoms with Crippen LogP contribution in [0.25, 0.3) is 22.7 Å². The highest BCUT2D eigenvalue weighted by atomic mass is 32.2. The van der Waals surface area contributed by atoms with E-state index in [2.05, 4.69) is 9.97 Å². The zero-order chi connectivity index (χ0) is 17.4. The van der Waals surface area contributed by atoms with Gasteiger partial charge in [0.1, 0.15) is 5.52 Å². The van der Waals surface area contributed by atoms with Gasteiger partial charge in [0.2, 0.25) is 10.0 Å². The molecule has 1 fully saturated rings. The molecule has 0 saturated carbocycles. The first kappa shape index (κ1) is 16.3. The Kier molecular flexibility index (Phi) is 4.09. The molecule has 3 aromatic heterocycles. The number of hydrogen-bond acceptors (Lipinski definition) is 5. The molecule has 0 amide bonds. The molecule has 0 radical (unpaired) electrons. The molecule has 0 N–H and O–H groups in total. The molecule has 1 atom stereocenters. The Morgan fingerprint density at radius 2 is 2.20 bits per heavy atom. The monoisotopic (exact) mass is 360 g/mol. The van der Waals surface area contributed by atoms with E-state index in [1.165, 1.54) is 0 Å². The van der Waals surface area contributed by atoms with Gasteiger partial charge < -0.3 is 8.98 Å². The Hall–Kier alpha value is -2.19. The minimum Gasteiger partial charge on any atom is -0.461 e. The molecular formula is C17H20N4O3S. The van der Waals surface area contributed by atoms with Crippen molar-refractivity contribution >= 4 is 21.2 Å². The maximum atomic E-state index is 12.4. The molecule has 8 heteroatoms. The molecular weight excluding hydrogens is 340 g/mol. The number of fused-ring (bicyclic) bond motifs is 1. The van der Waals surface area contributed by atoms with Gasteiger partial charge in [-0.1, -0.05) is 6.92 Å². The third-order valence-corrected chi connectivity index (χ3v) is 6.58. The molecule has 0 aromatic carbocycles. The summed E-state index contributed by atoms with van der Waals surface area (Å²) in [5, 5.41) is 0. The molecule has 4 heterocycles. The van der Waals surface area contributed by atoms with Gasteiger partial charge in [0.05, 0.1) is 18.1 Å². The predicted octanol–water partition coefficient (Wildman–Crippen LogP) is 2.68. The fraction of sp³-hybridized carbons (Fsp3) is 0.412. The Labute approximate surface area is 146 Å². The summed E-state index contributed by atoms with van der Waals surface area (Å²) in [5.74, 6) is 1.54. The number of nitrogens with zero attached hydrogens (tertiary/aromatic N) is 4. The average molecular weight is 360 g/mol. The summed E-state index contributed by atoms with van der Waals surface area (Å²) in [6, 6.07) is 7.42. The SMILES string of the molecule is CCCS(=O)(=O)N1CCC(n2c(-c3ccco3)nc3cccnc32)C1. The zero-order valence-electron chi connectivity index (χ0n) is 14.0. The second-order valence-corrected chi connectivity index (χ2v) is 8.33. The zero-order valence-corrected chi connectivity index (χ0v) is 14.8. The Morgan fingerprint density at radius 1 is 1.32 bits per heavy atom. The van der Waals surface area contributed by atoms with Crippen molar-refractivity contribution in [2.24, 2.45) is 0 Å². The highest BCUT2D eigenvalue weighted by Gasteiger charge is 2.34. The van der Waals surface area contributed by atoms with Crippen molar-refractivity contribution in [2.75, 3.05) is 18.8 Å². The lowest BCUT2D eigenvalue weighted by atomic mass is 10.2. The lowest BCUT2D eigenvalue weighted by Gasteiger charge is -2.18. The van der Waals surface area contributed by atoms with Gasteiger partial charge in [-0.15, -0.1) is 0 Å². The average Bonchev–Trinajstić information content (AvgIpc) is 3.32. The van der Waals surface area contributed by atoms with E-state index in [0.717, 1.165) is 17.6 Å². The fourth-order valence-corrected chi connectivity index (χ4v) is 4.97. The van der Waals surface area contributed by atoms with E-state index >= 15 is 0 Å². The van der Waals surface area contributed by atoms with Crippen LogP contribution in [0.5, 0.6) is 0 Å². The number of imidazole rings is 1. The summed E-state index contributed by atoms with van der Waals surface area (Å²) in [7, 11) is -3.20. The van der Waals surface area contributed by atoms with Gasteiger partial charge in [0.25, 0.3) is 0 Å². The number of rotatable bonds is 5. The number of sulfonamides is 1. The standard InChI is InChI=1S/C17H20N4O3S/c1-2-11-25(22,23)20-9-7-13(12-20)21-16-14(5-3-8-18-16)19-17(21)15-6-4-10-24-15/h3-6,8,10,13H,2,7,9,11-12H2,1H3. The van der Waals surface area contributed by atoms with Gasteiger partial charge >= 0.3 is 0 Å². The maximum absolute atomic E-state index is 12.4. The van der Waals surface area contributed by atoms with Crippen LogP contribution in [0.2, 0.25) is 0 Å². The minimum atomic E-state index is -3.20. The quantitative estimate of drug-likeness (QED) is 0.699. The lowest BCUT2D eigenvalue weighted by molar-refractivity contribution is 0.453. The summed E-state index contributed by atoms with van der Waals surface area (Å²) in [5.41, 5.74) is 1.54. The van der Waals surface area contributed by atoms with E-state index in [1.807, 2.05) is 35.8 Å². The molecule has 1 saturated heterocycles. The van der Waals surface area contributed by atoms with E-state index in [1.54, 1.807) is 16.8 Å². The topological polar surface area (TPSA) is 81.2 Å². The normalized spacial score (nSPS) is 19.0. The number of furan rings is 1. The summed E-state index contributed by atoms with van der Waals surface area (Å²) < 4.78 is 33.9. The van der Waals surface area contributed by atoms with Crippen LogP contribution in [-0.2, 0) is 10.0 Å². The van der Waals surface area contributed by atoms with E-state index in [4.69, 9.17) is 4.42 Å². The molecule has 0 aliphatic carbocycles. The Morgan fingerprint density at radius 3 is 2.96 bits per heavy atom. The van der Waals surface area contributed by atoms with Crippen molar-refractivity contribution in [3.63, 3.8) is 0 Å². The first-order valence-corrected chi connectivity index (χ1v) is 10.1. The van der Waals surface area contributed by atoms with Crippen molar-refractivity contribution < 1.29 is 12.8 Å². The van der Waals surface area contributed by atoms with E-state index in [9.17, 15) is 8.42 Å². The van der Waals surface area contributed by atoms with Crippen molar-refractivity contribution in [1.29, 1.82) is 0 Å². The summed E-state index contributed by atoms with van der Waals surface area (Å²) in [6.45, 7) is 2.85. The maximum Gasteiger partial charge on any atom is 0.214 e. The van der Waals surface area contributed by atoms with Crippen molar-refractivity contribution in [3.8, 4) is 11.6 Å². The van der Waals surface area contributed by atoms with E-state index in [-0.39, 0.29) is 11.8 Å². The third kappa shape index (κ3) is 2.85. The molecule has 0 spiro atoms. The molecule has 1 unspecified atom stereocenters. The second kappa shape index (κ2) is 6.27. The largest absolute Gasteiger partial charge is 0.461 e. The highest BCUT2D eigenvalue weighted by molar-refractivity contribution is 7.89. The minimum absolute atomic E-state index is 0.00775. The van der Waals surface area contributed by atoms with Gasteiger partial charge in [-0.25, -0.2) is 18.4 Å². The molecule has 132 valence electrons. The van der Waals surface area contributed by atoms with Gasteiger partial charge in [0, 0.05) is 19.3 Å². The van der Waals surface area contributed by atoms with E-state index < -0.39 is 10.0 Å². The molecule has 25 heavy (non-hydrogen) atoms. The van der Waals surface area contributed by atoms with Crippen LogP contribution in [0.15, 0.2) is 41.1 Å². The van der Waals surface area contributed by atoms with Gasteiger partial charge in [0.15, 0.2) is 17.2 Å². The molecule has 7 nitrogen and oxygen atoms in total.